The number of pyridine rings is 1. The molecule has 29 heavy (non-hydrogen) atoms. The largest absolute Gasteiger partial charge is 0.352 e. The number of nitriles is 1. The lowest BCUT2D eigenvalue weighted by Crippen LogP contribution is -2.49. The summed E-state index contributed by atoms with van der Waals surface area (Å²) in [4.78, 5) is 33.3. The van der Waals surface area contributed by atoms with E-state index in [4.69, 9.17) is 0 Å². The van der Waals surface area contributed by atoms with E-state index in [9.17, 15) is 14.9 Å². The first-order chi connectivity index (χ1) is 14.2. The highest BCUT2D eigenvalue weighted by atomic mass is 16.2. The lowest BCUT2D eigenvalue weighted by atomic mass is 10.0. The van der Waals surface area contributed by atoms with E-state index >= 15 is 0 Å². The van der Waals surface area contributed by atoms with Crippen molar-refractivity contribution in [3.8, 4) is 6.07 Å². The Morgan fingerprint density at radius 1 is 1.03 bits per heavy atom. The first kappa shape index (κ1) is 19.1. The van der Waals surface area contributed by atoms with E-state index in [1.165, 1.54) is 11.1 Å². The molecule has 0 spiro atoms. The number of aryl methyl sites for hydroxylation is 2. The molecule has 2 aliphatic rings. The van der Waals surface area contributed by atoms with Gasteiger partial charge in [-0.1, -0.05) is 12.1 Å². The summed E-state index contributed by atoms with van der Waals surface area (Å²) in [6.07, 6.45) is 5.47. The summed E-state index contributed by atoms with van der Waals surface area (Å²) in [5, 5.41) is 9.24. The second-order valence-electron chi connectivity index (χ2n) is 7.61. The van der Waals surface area contributed by atoms with Crippen molar-refractivity contribution in [1.29, 1.82) is 5.26 Å². The van der Waals surface area contributed by atoms with Crippen LogP contribution < -0.4 is 4.90 Å². The van der Waals surface area contributed by atoms with Gasteiger partial charge in [0.1, 0.15) is 11.9 Å². The summed E-state index contributed by atoms with van der Waals surface area (Å²) < 4.78 is 0. The maximum atomic E-state index is 12.6. The highest BCUT2D eigenvalue weighted by Gasteiger charge is 2.24. The lowest BCUT2D eigenvalue weighted by Gasteiger charge is -2.35. The molecule has 1 amide bonds. The predicted octanol–water partition coefficient (Wildman–Crippen LogP) is 2.75. The van der Waals surface area contributed by atoms with Crippen LogP contribution in [-0.2, 0) is 17.6 Å². The Morgan fingerprint density at radius 2 is 1.83 bits per heavy atom. The van der Waals surface area contributed by atoms with Crippen molar-refractivity contribution < 1.29 is 9.59 Å². The number of nitrogens with zero attached hydrogens (tertiary/aromatic N) is 4. The highest BCUT2D eigenvalue weighted by molar-refractivity contribution is 5.98. The molecule has 1 aliphatic heterocycles. The van der Waals surface area contributed by atoms with E-state index in [-0.39, 0.29) is 24.5 Å². The van der Waals surface area contributed by atoms with Crippen LogP contribution in [0.5, 0.6) is 0 Å². The summed E-state index contributed by atoms with van der Waals surface area (Å²) >= 11 is 0. The Labute approximate surface area is 170 Å². The summed E-state index contributed by atoms with van der Waals surface area (Å²) in [6.45, 7) is 2.42. The highest BCUT2D eigenvalue weighted by Crippen LogP contribution is 2.24. The molecular weight excluding hydrogens is 364 g/mol. The van der Waals surface area contributed by atoms with Crippen LogP contribution in [0.25, 0.3) is 0 Å². The smallest absolute Gasteiger partial charge is 0.223 e. The number of benzene rings is 1. The molecule has 0 N–H and O–H groups in total. The van der Waals surface area contributed by atoms with E-state index in [0.29, 0.717) is 37.6 Å². The standard InChI is InChI=1S/C23H24N4O2/c24-16-20-5-2-10-25-23(20)27-13-11-26(12-14-27)22(29)9-8-21(28)19-7-6-17-3-1-4-18(17)15-19/h2,5-7,10,15H,1,3-4,8-9,11-14H2. The van der Waals surface area contributed by atoms with Gasteiger partial charge in [-0.3, -0.25) is 9.59 Å². The van der Waals surface area contributed by atoms with E-state index in [1.807, 2.05) is 21.9 Å². The van der Waals surface area contributed by atoms with Gasteiger partial charge in [-0.25, -0.2) is 4.98 Å². The third kappa shape index (κ3) is 4.14. The topological polar surface area (TPSA) is 77.3 Å². The SMILES string of the molecule is N#Cc1cccnc1N1CCN(C(=O)CCC(=O)c2ccc3c(c2)CCC3)CC1. The van der Waals surface area contributed by atoms with Crippen molar-refractivity contribution in [3.63, 3.8) is 0 Å². The van der Waals surface area contributed by atoms with E-state index in [0.717, 1.165) is 24.8 Å². The fourth-order valence-electron chi connectivity index (χ4n) is 4.17. The Hall–Kier alpha value is -3.20. The van der Waals surface area contributed by atoms with E-state index in [2.05, 4.69) is 17.1 Å². The van der Waals surface area contributed by atoms with Crippen molar-refractivity contribution >= 4 is 17.5 Å². The zero-order chi connectivity index (χ0) is 20.2. The number of hydrogen-bond acceptors (Lipinski definition) is 5. The van der Waals surface area contributed by atoms with Gasteiger partial charge in [0.2, 0.25) is 5.91 Å². The van der Waals surface area contributed by atoms with Crippen LogP contribution in [0, 0.1) is 11.3 Å². The van der Waals surface area contributed by atoms with Crippen molar-refractivity contribution in [2.24, 2.45) is 0 Å². The molecule has 6 nitrogen and oxygen atoms in total. The predicted molar refractivity (Wildman–Crippen MR) is 110 cm³/mol. The second kappa shape index (κ2) is 8.44. The van der Waals surface area contributed by atoms with Crippen LogP contribution in [0.1, 0.15) is 46.3 Å². The minimum atomic E-state index is 0.0145. The summed E-state index contributed by atoms with van der Waals surface area (Å²) in [5.74, 6) is 0.730. The van der Waals surface area contributed by atoms with Gasteiger partial charge in [-0.15, -0.1) is 0 Å². The van der Waals surface area contributed by atoms with Gasteiger partial charge in [-0.2, -0.15) is 5.26 Å². The van der Waals surface area contributed by atoms with Crippen molar-refractivity contribution in [3.05, 3.63) is 58.8 Å². The number of aromatic nitrogens is 1. The van der Waals surface area contributed by atoms with Crippen molar-refractivity contribution in [2.45, 2.75) is 32.1 Å². The maximum Gasteiger partial charge on any atom is 0.223 e. The number of amides is 1. The van der Waals surface area contributed by atoms with Crippen molar-refractivity contribution in [2.75, 3.05) is 31.1 Å². The Morgan fingerprint density at radius 3 is 2.62 bits per heavy atom. The quantitative estimate of drug-likeness (QED) is 0.736. The molecule has 6 heteroatoms. The zero-order valence-corrected chi connectivity index (χ0v) is 16.4. The molecule has 1 aliphatic carbocycles. The molecule has 0 saturated carbocycles. The third-order valence-electron chi connectivity index (χ3n) is 5.83. The number of carbonyl (C=O) groups excluding carboxylic acids is 2. The number of ketones is 1. The molecule has 0 unspecified atom stereocenters. The molecule has 1 aromatic carbocycles. The summed E-state index contributed by atoms with van der Waals surface area (Å²) in [5.41, 5.74) is 3.90. The average molecular weight is 388 g/mol. The van der Waals surface area contributed by atoms with Crippen molar-refractivity contribution in [1.82, 2.24) is 9.88 Å². The Balaban J connectivity index is 1.29. The van der Waals surface area contributed by atoms with E-state index in [1.54, 1.807) is 18.3 Å². The number of piperazine rings is 1. The third-order valence-corrected chi connectivity index (χ3v) is 5.83. The van der Waals surface area contributed by atoms with Gasteiger partial charge in [0, 0.05) is 50.8 Å². The minimum absolute atomic E-state index is 0.0145. The molecular formula is C23H24N4O2. The monoisotopic (exact) mass is 388 g/mol. The van der Waals surface area contributed by atoms with Crippen LogP contribution in [0.4, 0.5) is 5.82 Å². The Bertz CT molecular complexity index is 971. The number of fused-ring (bicyclic) bond motifs is 1. The fraction of sp³-hybridized carbons (Fsp3) is 0.391. The van der Waals surface area contributed by atoms with Crippen LogP contribution >= 0.6 is 0 Å². The summed E-state index contributed by atoms with van der Waals surface area (Å²) in [6, 6.07) is 11.6. The van der Waals surface area contributed by atoms with Gasteiger partial charge < -0.3 is 9.80 Å². The van der Waals surface area contributed by atoms with Gasteiger partial charge >= 0.3 is 0 Å². The average Bonchev–Trinajstić information content (AvgIpc) is 3.25. The fourth-order valence-corrected chi connectivity index (χ4v) is 4.17. The maximum absolute atomic E-state index is 12.6. The second-order valence-corrected chi connectivity index (χ2v) is 7.61. The summed E-state index contributed by atoms with van der Waals surface area (Å²) in [7, 11) is 0. The number of anilines is 1. The molecule has 1 fully saturated rings. The van der Waals surface area contributed by atoms with Gasteiger partial charge in [0.15, 0.2) is 5.78 Å². The Kier molecular flexibility index (Phi) is 5.57. The minimum Gasteiger partial charge on any atom is -0.352 e. The normalized spacial score (nSPS) is 15.7. The van der Waals surface area contributed by atoms with Gasteiger partial charge in [0.25, 0.3) is 0 Å². The van der Waals surface area contributed by atoms with Crippen LogP contribution in [-0.4, -0.2) is 47.8 Å². The molecule has 2 aromatic rings. The van der Waals surface area contributed by atoms with Crippen LogP contribution in [0.3, 0.4) is 0 Å². The molecule has 1 aromatic heterocycles. The molecule has 148 valence electrons. The van der Waals surface area contributed by atoms with Crippen LogP contribution in [0.2, 0.25) is 0 Å². The zero-order valence-electron chi connectivity index (χ0n) is 16.4. The first-order valence-corrected chi connectivity index (χ1v) is 10.2. The van der Waals surface area contributed by atoms with Gasteiger partial charge in [0.05, 0.1) is 5.56 Å². The number of Topliss-reactive ketones (excluding diaryl/α,β-unsaturated/α-hetero) is 1. The first-order valence-electron chi connectivity index (χ1n) is 10.2. The molecule has 4 rings (SSSR count). The van der Waals surface area contributed by atoms with Crippen LogP contribution in [0.15, 0.2) is 36.5 Å². The molecule has 0 atom stereocenters. The number of carbonyl (C=O) groups is 2. The van der Waals surface area contributed by atoms with E-state index < -0.39 is 0 Å². The lowest BCUT2D eigenvalue weighted by molar-refractivity contribution is -0.131. The van der Waals surface area contributed by atoms with Gasteiger partial charge in [-0.05, 0) is 48.6 Å². The molecule has 2 heterocycles. The number of rotatable bonds is 5. The molecule has 1 saturated heterocycles. The molecule has 0 bridgehead atoms. The number of hydrogen-bond donors (Lipinski definition) is 0. The molecule has 0 radical (unpaired) electrons.